The SMILES string of the molecule is CC1CCN(c2ccc(NC(=O)C3CC3)cc2C(=O)NCc2cccnc2)CC1. The second kappa shape index (κ2) is 8.64. The Morgan fingerprint density at radius 3 is 2.62 bits per heavy atom. The summed E-state index contributed by atoms with van der Waals surface area (Å²) < 4.78 is 0. The first-order chi connectivity index (χ1) is 14.1. The predicted molar refractivity (Wildman–Crippen MR) is 114 cm³/mol. The molecule has 1 saturated heterocycles. The molecule has 1 aromatic heterocycles. The summed E-state index contributed by atoms with van der Waals surface area (Å²) in [6, 6.07) is 9.48. The first kappa shape index (κ1) is 19.4. The van der Waals surface area contributed by atoms with Gasteiger partial charge >= 0.3 is 0 Å². The highest BCUT2D eigenvalue weighted by molar-refractivity contribution is 6.02. The summed E-state index contributed by atoms with van der Waals surface area (Å²) in [6.45, 7) is 4.58. The zero-order chi connectivity index (χ0) is 20.2. The monoisotopic (exact) mass is 392 g/mol. The summed E-state index contributed by atoms with van der Waals surface area (Å²) in [7, 11) is 0. The first-order valence-electron chi connectivity index (χ1n) is 10.5. The Hall–Kier alpha value is -2.89. The van der Waals surface area contributed by atoms with Crippen LogP contribution in [0.5, 0.6) is 0 Å². The Morgan fingerprint density at radius 2 is 1.93 bits per heavy atom. The van der Waals surface area contributed by atoms with Crippen LogP contribution in [0.3, 0.4) is 0 Å². The summed E-state index contributed by atoms with van der Waals surface area (Å²) in [5.74, 6) is 0.753. The third-order valence-corrected chi connectivity index (χ3v) is 5.76. The molecule has 2 fully saturated rings. The molecule has 6 heteroatoms. The molecule has 6 nitrogen and oxygen atoms in total. The molecule has 0 unspecified atom stereocenters. The van der Waals surface area contributed by atoms with E-state index in [0.29, 0.717) is 23.7 Å². The van der Waals surface area contributed by atoms with Gasteiger partial charge in [-0.3, -0.25) is 14.6 Å². The molecule has 0 spiro atoms. The third-order valence-electron chi connectivity index (χ3n) is 5.76. The minimum atomic E-state index is -0.134. The van der Waals surface area contributed by atoms with Gasteiger partial charge in [0.25, 0.3) is 5.91 Å². The quantitative estimate of drug-likeness (QED) is 0.788. The van der Waals surface area contributed by atoms with Gasteiger partial charge in [-0.2, -0.15) is 0 Å². The van der Waals surface area contributed by atoms with Crippen molar-refractivity contribution in [1.29, 1.82) is 0 Å². The number of pyridine rings is 1. The minimum absolute atomic E-state index is 0.0475. The van der Waals surface area contributed by atoms with Crippen LogP contribution in [0.25, 0.3) is 0 Å². The summed E-state index contributed by atoms with van der Waals surface area (Å²) in [4.78, 5) is 31.6. The van der Waals surface area contributed by atoms with Gasteiger partial charge in [-0.25, -0.2) is 0 Å². The fraction of sp³-hybridized carbons (Fsp3) is 0.435. The summed E-state index contributed by atoms with van der Waals surface area (Å²) >= 11 is 0. The van der Waals surface area contributed by atoms with Crippen molar-refractivity contribution in [3.63, 3.8) is 0 Å². The van der Waals surface area contributed by atoms with Gasteiger partial charge in [-0.05, 0) is 61.4 Å². The van der Waals surface area contributed by atoms with Gasteiger partial charge in [-0.1, -0.05) is 13.0 Å². The van der Waals surface area contributed by atoms with Crippen LogP contribution in [0.4, 0.5) is 11.4 Å². The Balaban J connectivity index is 1.54. The molecule has 0 atom stereocenters. The molecule has 2 aliphatic rings. The summed E-state index contributed by atoms with van der Waals surface area (Å²) in [5.41, 5.74) is 3.18. The Bertz CT molecular complexity index is 872. The van der Waals surface area contributed by atoms with Crippen LogP contribution in [0.1, 0.15) is 48.5 Å². The predicted octanol–water partition coefficient (Wildman–Crippen LogP) is 3.60. The van der Waals surface area contributed by atoms with Crippen molar-refractivity contribution in [2.45, 2.75) is 39.2 Å². The first-order valence-corrected chi connectivity index (χ1v) is 10.5. The third kappa shape index (κ3) is 4.94. The van der Waals surface area contributed by atoms with Crippen LogP contribution in [-0.4, -0.2) is 29.9 Å². The van der Waals surface area contributed by atoms with Crippen LogP contribution in [0, 0.1) is 11.8 Å². The molecule has 1 aliphatic carbocycles. The van der Waals surface area contributed by atoms with E-state index < -0.39 is 0 Å². The minimum Gasteiger partial charge on any atom is -0.371 e. The molecule has 2 heterocycles. The molecular formula is C23H28N4O2. The maximum absolute atomic E-state index is 13.1. The van der Waals surface area contributed by atoms with Crippen molar-refractivity contribution in [3.8, 4) is 0 Å². The molecule has 1 saturated carbocycles. The van der Waals surface area contributed by atoms with Crippen LogP contribution in [-0.2, 0) is 11.3 Å². The number of aromatic nitrogens is 1. The van der Waals surface area contributed by atoms with Gasteiger partial charge in [0.05, 0.1) is 5.56 Å². The zero-order valence-corrected chi connectivity index (χ0v) is 16.9. The van der Waals surface area contributed by atoms with E-state index in [0.717, 1.165) is 50.0 Å². The van der Waals surface area contributed by atoms with Crippen molar-refractivity contribution in [2.75, 3.05) is 23.3 Å². The lowest BCUT2D eigenvalue weighted by atomic mass is 9.97. The number of piperidine rings is 1. The number of hydrogen-bond acceptors (Lipinski definition) is 4. The molecule has 4 rings (SSSR count). The number of rotatable bonds is 6. The van der Waals surface area contributed by atoms with E-state index in [1.807, 2.05) is 30.3 Å². The number of amides is 2. The van der Waals surface area contributed by atoms with E-state index in [9.17, 15) is 9.59 Å². The highest BCUT2D eigenvalue weighted by Crippen LogP contribution is 2.32. The summed E-state index contributed by atoms with van der Waals surface area (Å²) in [6.07, 6.45) is 7.61. The Labute approximate surface area is 171 Å². The maximum Gasteiger partial charge on any atom is 0.253 e. The average Bonchev–Trinajstić information content (AvgIpc) is 3.59. The van der Waals surface area contributed by atoms with Crippen molar-refractivity contribution in [1.82, 2.24) is 10.3 Å². The van der Waals surface area contributed by atoms with E-state index in [2.05, 4.69) is 27.4 Å². The van der Waals surface area contributed by atoms with Crippen molar-refractivity contribution < 1.29 is 9.59 Å². The second-order valence-corrected chi connectivity index (χ2v) is 8.21. The van der Waals surface area contributed by atoms with E-state index in [4.69, 9.17) is 0 Å². The summed E-state index contributed by atoms with van der Waals surface area (Å²) in [5, 5.41) is 5.96. The molecule has 2 aromatic rings. The van der Waals surface area contributed by atoms with Crippen LogP contribution in [0.15, 0.2) is 42.7 Å². The van der Waals surface area contributed by atoms with Crippen molar-refractivity contribution >= 4 is 23.2 Å². The van der Waals surface area contributed by atoms with Crippen molar-refractivity contribution in [3.05, 3.63) is 53.9 Å². The number of hydrogen-bond donors (Lipinski definition) is 2. The normalized spacial score (nSPS) is 17.1. The van der Waals surface area contributed by atoms with E-state index >= 15 is 0 Å². The van der Waals surface area contributed by atoms with Crippen LogP contribution >= 0.6 is 0 Å². The topological polar surface area (TPSA) is 74.3 Å². The van der Waals surface area contributed by atoms with Gasteiger partial charge in [0.2, 0.25) is 5.91 Å². The Morgan fingerprint density at radius 1 is 1.14 bits per heavy atom. The molecule has 29 heavy (non-hydrogen) atoms. The molecular weight excluding hydrogens is 364 g/mol. The molecule has 0 bridgehead atoms. The number of carbonyl (C=O) groups excluding carboxylic acids is 2. The highest BCUT2D eigenvalue weighted by atomic mass is 16.2. The molecule has 152 valence electrons. The van der Waals surface area contributed by atoms with Crippen LogP contribution < -0.4 is 15.5 Å². The van der Waals surface area contributed by atoms with Gasteiger partial charge in [-0.15, -0.1) is 0 Å². The maximum atomic E-state index is 13.1. The molecule has 1 aromatic carbocycles. The van der Waals surface area contributed by atoms with E-state index in [1.54, 1.807) is 12.4 Å². The fourth-order valence-corrected chi connectivity index (χ4v) is 3.69. The van der Waals surface area contributed by atoms with Gasteiger partial charge < -0.3 is 15.5 Å². The molecule has 0 radical (unpaired) electrons. The van der Waals surface area contributed by atoms with Gasteiger partial charge in [0.15, 0.2) is 0 Å². The smallest absolute Gasteiger partial charge is 0.253 e. The number of nitrogens with one attached hydrogen (secondary N) is 2. The van der Waals surface area contributed by atoms with Gasteiger partial charge in [0.1, 0.15) is 0 Å². The lowest BCUT2D eigenvalue weighted by Crippen LogP contribution is -2.35. The van der Waals surface area contributed by atoms with Crippen LogP contribution in [0.2, 0.25) is 0 Å². The lowest BCUT2D eigenvalue weighted by Gasteiger charge is -2.33. The standard InChI is InChI=1S/C23H28N4O2/c1-16-8-11-27(12-9-16)21-7-6-19(26-22(28)18-4-5-18)13-20(21)23(29)25-15-17-3-2-10-24-14-17/h2-3,6-7,10,13-14,16,18H,4-5,8-9,11-12,15H2,1H3,(H,25,29)(H,26,28). The van der Waals surface area contributed by atoms with Gasteiger partial charge in [0, 0.05) is 49.3 Å². The zero-order valence-electron chi connectivity index (χ0n) is 16.9. The number of nitrogens with zero attached hydrogens (tertiary/aromatic N) is 2. The van der Waals surface area contributed by atoms with E-state index in [1.165, 1.54) is 0 Å². The number of anilines is 2. The highest BCUT2D eigenvalue weighted by Gasteiger charge is 2.30. The Kier molecular flexibility index (Phi) is 5.79. The molecule has 2 amide bonds. The largest absolute Gasteiger partial charge is 0.371 e. The van der Waals surface area contributed by atoms with Crippen molar-refractivity contribution in [2.24, 2.45) is 11.8 Å². The van der Waals surface area contributed by atoms with E-state index in [-0.39, 0.29) is 17.7 Å². The fourth-order valence-electron chi connectivity index (χ4n) is 3.69. The number of carbonyl (C=O) groups is 2. The number of benzene rings is 1. The lowest BCUT2D eigenvalue weighted by molar-refractivity contribution is -0.117. The second-order valence-electron chi connectivity index (χ2n) is 8.21. The molecule has 2 N–H and O–H groups in total. The average molecular weight is 393 g/mol. The molecule has 1 aliphatic heterocycles.